The van der Waals surface area contributed by atoms with Gasteiger partial charge in [-0.15, -0.1) is 0 Å². The van der Waals surface area contributed by atoms with Crippen LogP contribution < -0.4 is 0 Å². The van der Waals surface area contributed by atoms with E-state index in [4.69, 9.17) is 5.11 Å². The number of alkyl halides is 1. The standard InChI is InChI=1S/C12H23BrO3/c1-3-4-5-6-7-10(11(13)9-14)8-12(15)16-2/h10-11,14H,3-9H2,1-2H3/t10-,11+/m0/s1. The zero-order valence-electron chi connectivity index (χ0n) is 10.2. The summed E-state index contributed by atoms with van der Waals surface area (Å²) in [5.74, 6) is -0.0207. The number of hydrogen-bond acceptors (Lipinski definition) is 3. The maximum absolute atomic E-state index is 11.2. The van der Waals surface area contributed by atoms with Gasteiger partial charge in [0, 0.05) is 11.2 Å². The molecular formula is C12H23BrO3. The Bertz CT molecular complexity index is 185. The summed E-state index contributed by atoms with van der Waals surface area (Å²) in [5.41, 5.74) is 0. The van der Waals surface area contributed by atoms with Crippen LogP contribution >= 0.6 is 15.9 Å². The molecule has 0 aliphatic rings. The van der Waals surface area contributed by atoms with Gasteiger partial charge in [-0.1, -0.05) is 48.5 Å². The molecule has 2 atom stereocenters. The van der Waals surface area contributed by atoms with E-state index in [0.29, 0.717) is 6.42 Å². The molecule has 4 heteroatoms. The van der Waals surface area contributed by atoms with Gasteiger partial charge in [0.05, 0.1) is 13.7 Å². The lowest BCUT2D eigenvalue weighted by atomic mass is 9.94. The van der Waals surface area contributed by atoms with E-state index >= 15 is 0 Å². The van der Waals surface area contributed by atoms with Crippen molar-refractivity contribution in [3.8, 4) is 0 Å². The summed E-state index contributed by atoms with van der Waals surface area (Å²) in [4.78, 5) is 11.2. The quantitative estimate of drug-likeness (QED) is 0.404. The minimum atomic E-state index is -0.196. The average molecular weight is 295 g/mol. The van der Waals surface area contributed by atoms with E-state index < -0.39 is 0 Å². The van der Waals surface area contributed by atoms with Crippen LogP contribution in [0.1, 0.15) is 45.4 Å². The first-order chi connectivity index (χ1) is 7.65. The monoisotopic (exact) mass is 294 g/mol. The second kappa shape index (κ2) is 10.1. The number of ether oxygens (including phenoxy) is 1. The Hall–Kier alpha value is -0.0900. The van der Waals surface area contributed by atoms with E-state index in [1.165, 1.54) is 26.4 Å². The smallest absolute Gasteiger partial charge is 0.305 e. The highest BCUT2D eigenvalue weighted by Gasteiger charge is 2.21. The predicted octanol–water partition coefficient (Wildman–Crippen LogP) is 2.89. The van der Waals surface area contributed by atoms with Crippen LogP contribution in [0.15, 0.2) is 0 Å². The van der Waals surface area contributed by atoms with Crippen molar-refractivity contribution < 1.29 is 14.6 Å². The molecule has 0 unspecified atom stereocenters. The Morgan fingerprint density at radius 3 is 2.56 bits per heavy atom. The van der Waals surface area contributed by atoms with Crippen LogP contribution in [0.3, 0.4) is 0 Å². The molecule has 0 fully saturated rings. The summed E-state index contributed by atoms with van der Waals surface area (Å²) >= 11 is 3.41. The molecule has 0 amide bonds. The van der Waals surface area contributed by atoms with Crippen molar-refractivity contribution in [1.29, 1.82) is 0 Å². The summed E-state index contributed by atoms with van der Waals surface area (Å²) < 4.78 is 4.66. The molecule has 0 aromatic carbocycles. The van der Waals surface area contributed by atoms with Crippen LogP contribution in [0.4, 0.5) is 0 Å². The van der Waals surface area contributed by atoms with E-state index in [1.807, 2.05) is 0 Å². The highest BCUT2D eigenvalue weighted by molar-refractivity contribution is 9.09. The third kappa shape index (κ3) is 7.23. The molecule has 0 spiro atoms. The average Bonchev–Trinajstić information content (AvgIpc) is 2.31. The lowest BCUT2D eigenvalue weighted by molar-refractivity contribution is -0.141. The van der Waals surface area contributed by atoms with Crippen molar-refractivity contribution in [2.24, 2.45) is 5.92 Å². The van der Waals surface area contributed by atoms with Crippen molar-refractivity contribution in [1.82, 2.24) is 0 Å². The number of methoxy groups -OCH3 is 1. The highest BCUT2D eigenvalue weighted by atomic mass is 79.9. The molecule has 96 valence electrons. The number of aliphatic hydroxyl groups excluding tert-OH is 1. The fourth-order valence-electron chi connectivity index (χ4n) is 1.69. The predicted molar refractivity (Wildman–Crippen MR) is 68.7 cm³/mol. The van der Waals surface area contributed by atoms with Gasteiger partial charge in [-0.2, -0.15) is 0 Å². The molecule has 0 saturated heterocycles. The zero-order valence-corrected chi connectivity index (χ0v) is 11.8. The molecule has 0 aliphatic carbocycles. The minimum absolute atomic E-state index is 0.00627. The largest absolute Gasteiger partial charge is 0.469 e. The van der Waals surface area contributed by atoms with Crippen molar-refractivity contribution in [2.45, 2.75) is 50.3 Å². The number of aliphatic hydroxyl groups is 1. The van der Waals surface area contributed by atoms with E-state index in [2.05, 4.69) is 27.6 Å². The second-order valence-corrected chi connectivity index (χ2v) is 5.26. The molecule has 0 radical (unpaired) electrons. The zero-order chi connectivity index (χ0) is 12.4. The number of unbranched alkanes of at least 4 members (excludes halogenated alkanes) is 3. The molecule has 0 heterocycles. The van der Waals surface area contributed by atoms with Crippen LogP contribution in [-0.4, -0.2) is 29.6 Å². The van der Waals surface area contributed by atoms with Gasteiger partial charge in [0.15, 0.2) is 0 Å². The maximum Gasteiger partial charge on any atom is 0.305 e. The van der Waals surface area contributed by atoms with Crippen LogP contribution in [0.2, 0.25) is 0 Å². The van der Waals surface area contributed by atoms with Crippen LogP contribution in [0.5, 0.6) is 0 Å². The van der Waals surface area contributed by atoms with Gasteiger partial charge < -0.3 is 9.84 Å². The van der Waals surface area contributed by atoms with Crippen molar-refractivity contribution in [3.05, 3.63) is 0 Å². The molecule has 0 aromatic rings. The number of hydrogen-bond donors (Lipinski definition) is 1. The first-order valence-corrected chi connectivity index (χ1v) is 6.89. The molecule has 1 N–H and O–H groups in total. The van der Waals surface area contributed by atoms with Gasteiger partial charge in [-0.05, 0) is 12.3 Å². The highest BCUT2D eigenvalue weighted by Crippen LogP contribution is 2.23. The summed E-state index contributed by atoms with van der Waals surface area (Å²) in [6, 6.07) is 0. The summed E-state index contributed by atoms with van der Waals surface area (Å²) in [6.45, 7) is 2.24. The minimum Gasteiger partial charge on any atom is -0.469 e. The molecule has 16 heavy (non-hydrogen) atoms. The number of carbonyl (C=O) groups excluding carboxylic acids is 1. The van der Waals surface area contributed by atoms with Crippen molar-refractivity contribution in [2.75, 3.05) is 13.7 Å². The van der Waals surface area contributed by atoms with Crippen LogP contribution in [0, 0.1) is 5.92 Å². The Labute approximate surface area is 107 Å². The van der Waals surface area contributed by atoms with E-state index in [1.54, 1.807) is 0 Å². The Kier molecular flexibility index (Phi) is 10.0. The van der Waals surface area contributed by atoms with E-state index in [-0.39, 0.29) is 23.3 Å². The van der Waals surface area contributed by atoms with Crippen LogP contribution in [-0.2, 0) is 9.53 Å². The van der Waals surface area contributed by atoms with Crippen molar-refractivity contribution in [3.63, 3.8) is 0 Å². The molecule has 0 aromatic heterocycles. The summed E-state index contributed by atoms with van der Waals surface area (Å²) in [6.07, 6.45) is 6.10. The van der Waals surface area contributed by atoms with Gasteiger partial charge >= 0.3 is 5.97 Å². The number of rotatable bonds is 9. The molecule has 0 bridgehead atoms. The van der Waals surface area contributed by atoms with Gasteiger partial charge in [0.25, 0.3) is 0 Å². The van der Waals surface area contributed by atoms with E-state index in [9.17, 15) is 4.79 Å². The fraction of sp³-hybridized carbons (Fsp3) is 0.917. The molecule has 3 nitrogen and oxygen atoms in total. The topological polar surface area (TPSA) is 46.5 Å². The maximum atomic E-state index is 11.2. The van der Waals surface area contributed by atoms with Gasteiger partial charge in [-0.25, -0.2) is 0 Å². The lowest BCUT2D eigenvalue weighted by Crippen LogP contribution is -2.22. The first kappa shape index (κ1) is 15.9. The molecule has 0 saturated carbocycles. The summed E-state index contributed by atoms with van der Waals surface area (Å²) in [5, 5.41) is 9.09. The molecule has 0 aliphatic heterocycles. The molecular weight excluding hydrogens is 272 g/mol. The number of esters is 1. The molecule has 0 rings (SSSR count). The van der Waals surface area contributed by atoms with Gasteiger partial charge in [0.2, 0.25) is 0 Å². The Balaban J connectivity index is 3.95. The van der Waals surface area contributed by atoms with Gasteiger partial charge in [-0.3, -0.25) is 4.79 Å². The normalized spacial score (nSPS) is 14.5. The van der Waals surface area contributed by atoms with Crippen LogP contribution in [0.25, 0.3) is 0 Å². The van der Waals surface area contributed by atoms with E-state index in [0.717, 1.165) is 12.8 Å². The van der Waals surface area contributed by atoms with Crippen molar-refractivity contribution >= 4 is 21.9 Å². The third-order valence-electron chi connectivity index (χ3n) is 2.77. The lowest BCUT2D eigenvalue weighted by Gasteiger charge is -2.19. The summed E-state index contributed by atoms with van der Waals surface area (Å²) in [7, 11) is 1.40. The third-order valence-corrected chi connectivity index (χ3v) is 3.81. The number of carbonyl (C=O) groups is 1. The number of halogens is 1. The van der Waals surface area contributed by atoms with Gasteiger partial charge in [0.1, 0.15) is 0 Å². The second-order valence-electron chi connectivity index (χ2n) is 4.09. The Morgan fingerprint density at radius 1 is 1.38 bits per heavy atom. The first-order valence-electron chi connectivity index (χ1n) is 5.97. The SMILES string of the molecule is CCCCCC[C@@H](CC(=O)OC)[C@H](Br)CO. The Morgan fingerprint density at radius 2 is 2.06 bits per heavy atom. The fourth-order valence-corrected chi connectivity index (χ4v) is 2.14.